The molecule has 3 unspecified atom stereocenters. The molecule has 2 aliphatic heterocycles. The second-order valence-corrected chi connectivity index (χ2v) is 12.6. The summed E-state index contributed by atoms with van der Waals surface area (Å²) in [7, 11) is 0. The zero-order valence-corrected chi connectivity index (χ0v) is 25.1. The standard InChI is InChI=1S/C37H46N2O3/c1-27(35-14-8-9-22-38-35)42-32-17-15-28(16-18-32)25-37(36(40)30-12-6-3-7-13-30)34-20-19-33(24-31(34)21-23-39-37)41-26-29-10-4-2-5-11-29/h2,4-5,10-11,15-20,24,27,30,35,38-39H,3,6-9,12-14,21-23,25-26H2,1H3. The normalized spacial score (nSPS) is 23.5. The average Bonchev–Trinajstić information content (AvgIpc) is 3.05. The van der Waals surface area contributed by atoms with Gasteiger partial charge in [0.25, 0.3) is 0 Å². The molecule has 6 rings (SSSR count). The van der Waals surface area contributed by atoms with Crippen LogP contribution in [0.25, 0.3) is 0 Å². The van der Waals surface area contributed by atoms with Crippen LogP contribution in [0.3, 0.4) is 0 Å². The molecule has 3 aromatic rings. The molecule has 3 aliphatic rings. The first-order valence-corrected chi connectivity index (χ1v) is 16.2. The van der Waals surface area contributed by atoms with Crippen molar-refractivity contribution in [3.05, 3.63) is 95.1 Å². The van der Waals surface area contributed by atoms with Crippen LogP contribution >= 0.6 is 0 Å². The lowest BCUT2D eigenvalue weighted by Crippen LogP contribution is -2.56. The molecule has 222 valence electrons. The zero-order valence-electron chi connectivity index (χ0n) is 25.1. The van der Waals surface area contributed by atoms with Crippen molar-refractivity contribution >= 4 is 5.78 Å². The van der Waals surface area contributed by atoms with E-state index in [1.807, 2.05) is 18.2 Å². The van der Waals surface area contributed by atoms with Gasteiger partial charge in [0.1, 0.15) is 29.7 Å². The van der Waals surface area contributed by atoms with Gasteiger partial charge < -0.3 is 20.1 Å². The molecular formula is C37H46N2O3. The predicted octanol–water partition coefficient (Wildman–Crippen LogP) is 6.91. The third-order valence-corrected chi connectivity index (χ3v) is 9.63. The number of fused-ring (bicyclic) bond motifs is 1. The average molecular weight is 567 g/mol. The quantitative estimate of drug-likeness (QED) is 0.279. The summed E-state index contributed by atoms with van der Waals surface area (Å²) in [5.74, 6) is 2.22. The molecular weight excluding hydrogens is 520 g/mol. The third-order valence-electron chi connectivity index (χ3n) is 9.63. The van der Waals surface area contributed by atoms with Crippen molar-refractivity contribution in [2.45, 2.75) is 95.4 Å². The summed E-state index contributed by atoms with van der Waals surface area (Å²) < 4.78 is 12.5. The van der Waals surface area contributed by atoms with E-state index in [1.54, 1.807) is 0 Å². The van der Waals surface area contributed by atoms with E-state index < -0.39 is 5.54 Å². The van der Waals surface area contributed by atoms with E-state index in [0.29, 0.717) is 24.9 Å². The first-order chi connectivity index (χ1) is 20.6. The molecule has 5 heteroatoms. The lowest BCUT2D eigenvalue weighted by atomic mass is 9.69. The Balaban J connectivity index is 1.24. The van der Waals surface area contributed by atoms with E-state index in [-0.39, 0.29) is 12.0 Å². The van der Waals surface area contributed by atoms with E-state index in [0.717, 1.165) is 79.8 Å². The first-order valence-electron chi connectivity index (χ1n) is 16.2. The summed E-state index contributed by atoms with van der Waals surface area (Å²) in [6.45, 7) is 4.55. The third kappa shape index (κ3) is 6.58. The summed E-state index contributed by atoms with van der Waals surface area (Å²) in [5, 5.41) is 7.37. The maximum Gasteiger partial charge on any atom is 0.160 e. The Morgan fingerprint density at radius 3 is 2.38 bits per heavy atom. The SMILES string of the molecule is CC(Oc1ccc(CC2(C(=O)C3CCCCC3)NCCc3cc(OCc4ccccc4)ccc32)cc1)C1CCCCN1. The van der Waals surface area contributed by atoms with Crippen LogP contribution in [0.2, 0.25) is 0 Å². The fourth-order valence-corrected chi connectivity index (χ4v) is 7.28. The number of hydrogen-bond acceptors (Lipinski definition) is 5. The number of ether oxygens (including phenoxy) is 2. The second kappa shape index (κ2) is 13.4. The summed E-state index contributed by atoms with van der Waals surface area (Å²) in [5.41, 5.74) is 3.91. The summed E-state index contributed by atoms with van der Waals surface area (Å²) in [6, 6.07) is 25.5. The van der Waals surface area contributed by atoms with Crippen LogP contribution in [0.1, 0.15) is 80.5 Å². The molecule has 0 amide bonds. The number of nitrogens with one attached hydrogen (secondary N) is 2. The number of Topliss-reactive ketones (excluding diaryl/α,β-unsaturated/α-hetero) is 1. The predicted molar refractivity (Wildman–Crippen MR) is 168 cm³/mol. The maximum atomic E-state index is 14.5. The molecule has 1 aliphatic carbocycles. The topological polar surface area (TPSA) is 59.6 Å². The summed E-state index contributed by atoms with van der Waals surface area (Å²) in [4.78, 5) is 14.5. The lowest BCUT2D eigenvalue weighted by Gasteiger charge is -2.42. The van der Waals surface area contributed by atoms with Crippen LogP contribution in [0.4, 0.5) is 0 Å². The number of piperidine rings is 1. The molecule has 2 heterocycles. The largest absolute Gasteiger partial charge is 0.489 e. The van der Waals surface area contributed by atoms with Crippen LogP contribution in [-0.4, -0.2) is 31.0 Å². The molecule has 0 bridgehead atoms. The zero-order chi connectivity index (χ0) is 28.8. The monoisotopic (exact) mass is 566 g/mol. The highest BCUT2D eigenvalue weighted by molar-refractivity contribution is 5.93. The fourth-order valence-electron chi connectivity index (χ4n) is 7.28. The van der Waals surface area contributed by atoms with Crippen LogP contribution in [-0.2, 0) is 29.8 Å². The molecule has 3 aromatic carbocycles. The van der Waals surface area contributed by atoms with Crippen LogP contribution < -0.4 is 20.1 Å². The highest BCUT2D eigenvalue weighted by Crippen LogP contribution is 2.40. The van der Waals surface area contributed by atoms with E-state index in [4.69, 9.17) is 9.47 Å². The summed E-state index contributed by atoms with van der Waals surface area (Å²) in [6.07, 6.45) is 10.8. The Morgan fingerprint density at radius 1 is 0.857 bits per heavy atom. The van der Waals surface area contributed by atoms with Gasteiger partial charge in [0.05, 0.1) is 0 Å². The van der Waals surface area contributed by atoms with E-state index in [9.17, 15) is 4.79 Å². The second-order valence-electron chi connectivity index (χ2n) is 12.6. The van der Waals surface area contributed by atoms with Gasteiger partial charge in [-0.25, -0.2) is 0 Å². The van der Waals surface area contributed by atoms with Gasteiger partial charge in [-0.2, -0.15) is 0 Å². The Labute approximate surface area is 251 Å². The molecule has 1 saturated carbocycles. The van der Waals surface area contributed by atoms with Crippen molar-refractivity contribution in [1.82, 2.24) is 10.6 Å². The minimum atomic E-state index is -0.727. The Morgan fingerprint density at radius 2 is 1.62 bits per heavy atom. The van der Waals surface area contributed by atoms with Gasteiger partial charge in [-0.3, -0.25) is 4.79 Å². The summed E-state index contributed by atoms with van der Waals surface area (Å²) >= 11 is 0. The van der Waals surface area contributed by atoms with Crippen LogP contribution in [0.5, 0.6) is 11.5 Å². The number of ketones is 1. The highest BCUT2D eigenvalue weighted by atomic mass is 16.5. The van der Waals surface area contributed by atoms with Gasteiger partial charge in [0, 0.05) is 24.9 Å². The molecule has 5 nitrogen and oxygen atoms in total. The minimum Gasteiger partial charge on any atom is -0.489 e. The molecule has 0 aromatic heterocycles. The smallest absolute Gasteiger partial charge is 0.160 e. The molecule has 1 saturated heterocycles. The Bertz CT molecular complexity index is 1310. The molecule has 2 fully saturated rings. The number of carbonyl (C=O) groups is 1. The van der Waals surface area contributed by atoms with Gasteiger partial charge in [0.2, 0.25) is 0 Å². The molecule has 42 heavy (non-hydrogen) atoms. The van der Waals surface area contributed by atoms with Crippen molar-refractivity contribution in [3.63, 3.8) is 0 Å². The maximum absolute atomic E-state index is 14.5. The van der Waals surface area contributed by atoms with E-state index in [1.165, 1.54) is 24.8 Å². The highest BCUT2D eigenvalue weighted by Gasteiger charge is 2.46. The van der Waals surface area contributed by atoms with Gasteiger partial charge in [-0.1, -0.05) is 74.2 Å². The van der Waals surface area contributed by atoms with Gasteiger partial charge in [-0.15, -0.1) is 0 Å². The van der Waals surface area contributed by atoms with Crippen LogP contribution in [0, 0.1) is 5.92 Å². The Kier molecular flexibility index (Phi) is 9.26. The van der Waals surface area contributed by atoms with Gasteiger partial charge in [0.15, 0.2) is 5.78 Å². The van der Waals surface area contributed by atoms with Crippen molar-refractivity contribution in [2.75, 3.05) is 13.1 Å². The van der Waals surface area contributed by atoms with E-state index in [2.05, 4.69) is 72.2 Å². The van der Waals surface area contributed by atoms with Crippen LogP contribution in [0.15, 0.2) is 72.8 Å². The van der Waals surface area contributed by atoms with Crippen molar-refractivity contribution in [3.8, 4) is 11.5 Å². The van der Waals surface area contributed by atoms with Crippen molar-refractivity contribution in [1.29, 1.82) is 0 Å². The van der Waals surface area contributed by atoms with E-state index >= 15 is 0 Å². The number of benzene rings is 3. The van der Waals surface area contributed by atoms with Crippen molar-refractivity contribution < 1.29 is 14.3 Å². The molecule has 3 atom stereocenters. The van der Waals surface area contributed by atoms with Crippen molar-refractivity contribution in [2.24, 2.45) is 5.92 Å². The first kappa shape index (κ1) is 28.9. The molecule has 0 radical (unpaired) electrons. The van der Waals surface area contributed by atoms with Gasteiger partial charge >= 0.3 is 0 Å². The molecule has 0 spiro atoms. The molecule has 2 N–H and O–H groups in total. The number of rotatable bonds is 10. The Hall–Kier alpha value is -3.15. The fraction of sp³-hybridized carbons (Fsp3) is 0.486. The minimum absolute atomic E-state index is 0.109. The van der Waals surface area contributed by atoms with Gasteiger partial charge in [-0.05, 0) is 92.1 Å². The lowest BCUT2D eigenvalue weighted by molar-refractivity contribution is -0.131. The number of carbonyl (C=O) groups excluding carboxylic acids is 1. The number of hydrogen-bond donors (Lipinski definition) is 2.